The summed E-state index contributed by atoms with van der Waals surface area (Å²) in [4.78, 5) is 23.4. The molecule has 0 aliphatic rings. The lowest BCUT2D eigenvalue weighted by atomic mass is 10.1. The van der Waals surface area contributed by atoms with Gasteiger partial charge >= 0.3 is 18.2 Å². The maximum atomic E-state index is 14.1. The van der Waals surface area contributed by atoms with E-state index in [1.807, 2.05) is 0 Å². The third kappa shape index (κ3) is 6.08. The minimum absolute atomic E-state index is 0.517. The summed E-state index contributed by atoms with van der Waals surface area (Å²) in [5, 5.41) is 2.05. The van der Waals surface area contributed by atoms with Crippen molar-refractivity contribution < 1.29 is 41.4 Å². The zero-order valence-corrected chi connectivity index (χ0v) is 14.8. The Bertz CT molecular complexity index is 682. The van der Waals surface area contributed by atoms with Crippen LogP contribution in [0.1, 0.15) is 38.1 Å². The number of nitrogens with one attached hydrogen (secondary N) is 1. The van der Waals surface area contributed by atoms with Crippen LogP contribution in [0.3, 0.4) is 0 Å². The zero-order valence-electron chi connectivity index (χ0n) is 14.8. The van der Waals surface area contributed by atoms with Gasteiger partial charge in [0.05, 0.1) is 12.8 Å². The fraction of sp³-hybridized carbons (Fsp3) is 0.500. The number of methoxy groups -OCH3 is 1. The molecular formula is C16H19F4NO5. The lowest BCUT2D eigenvalue weighted by Gasteiger charge is -2.21. The number of halogens is 4. The number of hydrogen-bond donors (Lipinski definition) is 1. The molecule has 0 saturated carbocycles. The minimum atomic E-state index is -4.72. The summed E-state index contributed by atoms with van der Waals surface area (Å²) in [6.07, 6.45) is -8.04. The molecule has 146 valence electrons. The van der Waals surface area contributed by atoms with Crippen molar-refractivity contribution in [3.05, 3.63) is 23.5 Å². The van der Waals surface area contributed by atoms with Crippen LogP contribution in [0.4, 0.5) is 28.0 Å². The lowest BCUT2D eigenvalue weighted by Crippen LogP contribution is -2.32. The Kier molecular flexibility index (Phi) is 6.45. The van der Waals surface area contributed by atoms with Crippen molar-refractivity contribution in [2.24, 2.45) is 0 Å². The van der Waals surface area contributed by atoms with E-state index >= 15 is 0 Å². The van der Waals surface area contributed by atoms with E-state index in [0.717, 1.165) is 13.2 Å². The van der Waals surface area contributed by atoms with E-state index < -0.39 is 52.8 Å². The molecule has 1 rings (SSSR count). The number of alkyl halides is 3. The first-order chi connectivity index (χ1) is 11.7. The molecule has 1 N–H and O–H groups in total. The van der Waals surface area contributed by atoms with E-state index in [2.05, 4.69) is 10.1 Å². The highest BCUT2D eigenvalue weighted by Gasteiger charge is 2.39. The molecule has 1 aromatic carbocycles. The van der Waals surface area contributed by atoms with Crippen LogP contribution in [0.5, 0.6) is 5.75 Å². The number of amides is 1. The number of ether oxygens (including phenoxy) is 3. The Morgan fingerprint density at radius 2 is 1.73 bits per heavy atom. The molecule has 0 bridgehead atoms. The summed E-state index contributed by atoms with van der Waals surface area (Å²) in [6.45, 7) is 5.43. The lowest BCUT2D eigenvalue weighted by molar-refractivity contribution is -0.189. The molecule has 0 aliphatic carbocycles. The average molecular weight is 381 g/mol. The van der Waals surface area contributed by atoms with Crippen molar-refractivity contribution in [3.63, 3.8) is 0 Å². The molecule has 0 fully saturated rings. The fourth-order valence-corrected chi connectivity index (χ4v) is 1.69. The second kappa shape index (κ2) is 7.79. The van der Waals surface area contributed by atoms with E-state index in [-0.39, 0.29) is 0 Å². The van der Waals surface area contributed by atoms with Gasteiger partial charge in [-0.15, -0.1) is 0 Å². The van der Waals surface area contributed by atoms with Gasteiger partial charge in [0.25, 0.3) is 0 Å². The van der Waals surface area contributed by atoms with Gasteiger partial charge in [-0.2, -0.15) is 13.2 Å². The topological polar surface area (TPSA) is 73.9 Å². The summed E-state index contributed by atoms with van der Waals surface area (Å²) in [5.74, 6) is -2.78. The standard InChI is InChI=1S/C16H19F4NO5/c1-8(16(18,19)20)25-12-7-11(21-14(23)26-15(2,3)4)10(17)6-9(12)13(22)24-5/h6-8H,1-5H3,(H,21,23)/t8-/m0/s1. The zero-order chi connectivity index (χ0) is 20.3. The molecule has 10 heteroatoms. The molecular weight excluding hydrogens is 362 g/mol. The molecule has 0 spiro atoms. The number of carbonyl (C=O) groups is 2. The highest BCUT2D eigenvalue weighted by Crippen LogP contribution is 2.31. The molecule has 26 heavy (non-hydrogen) atoms. The number of hydrogen-bond acceptors (Lipinski definition) is 5. The van der Waals surface area contributed by atoms with E-state index in [1.165, 1.54) is 0 Å². The quantitative estimate of drug-likeness (QED) is 0.622. The van der Waals surface area contributed by atoms with Crippen molar-refractivity contribution >= 4 is 17.7 Å². The second-order valence-electron chi connectivity index (χ2n) is 6.25. The predicted molar refractivity (Wildman–Crippen MR) is 83.7 cm³/mol. The Balaban J connectivity index is 3.24. The molecule has 0 saturated heterocycles. The first-order valence-corrected chi connectivity index (χ1v) is 7.40. The summed E-state index contributed by atoms with van der Waals surface area (Å²) in [7, 11) is 0.976. The molecule has 6 nitrogen and oxygen atoms in total. The fourth-order valence-electron chi connectivity index (χ4n) is 1.69. The molecule has 0 aliphatic heterocycles. The third-order valence-corrected chi connectivity index (χ3v) is 2.87. The second-order valence-corrected chi connectivity index (χ2v) is 6.25. The Morgan fingerprint density at radius 3 is 2.19 bits per heavy atom. The van der Waals surface area contributed by atoms with Gasteiger partial charge in [-0.05, 0) is 33.8 Å². The number of rotatable bonds is 4. The molecule has 0 radical (unpaired) electrons. The first kappa shape index (κ1) is 21.5. The van der Waals surface area contributed by atoms with Crippen LogP contribution in [0.25, 0.3) is 0 Å². The smallest absolute Gasteiger partial charge is 0.425 e. The van der Waals surface area contributed by atoms with Gasteiger partial charge in [0.15, 0.2) is 6.10 Å². The van der Waals surface area contributed by atoms with Gasteiger partial charge in [-0.25, -0.2) is 14.0 Å². The molecule has 0 unspecified atom stereocenters. The van der Waals surface area contributed by atoms with Crippen LogP contribution in [-0.2, 0) is 9.47 Å². The summed E-state index contributed by atoms with van der Waals surface area (Å²) >= 11 is 0. The highest BCUT2D eigenvalue weighted by atomic mass is 19.4. The van der Waals surface area contributed by atoms with Crippen molar-refractivity contribution in [1.82, 2.24) is 0 Å². The van der Waals surface area contributed by atoms with Crippen LogP contribution >= 0.6 is 0 Å². The summed E-state index contributed by atoms with van der Waals surface area (Å²) in [5.41, 5.74) is -1.96. The number of carbonyl (C=O) groups excluding carboxylic acids is 2. The molecule has 0 heterocycles. The third-order valence-electron chi connectivity index (χ3n) is 2.87. The van der Waals surface area contributed by atoms with Crippen LogP contribution in [-0.4, -0.2) is 37.1 Å². The van der Waals surface area contributed by atoms with Gasteiger partial charge in [0.2, 0.25) is 0 Å². The average Bonchev–Trinajstić information content (AvgIpc) is 2.46. The monoisotopic (exact) mass is 381 g/mol. The van der Waals surface area contributed by atoms with Gasteiger partial charge in [-0.1, -0.05) is 0 Å². The molecule has 1 atom stereocenters. The van der Waals surface area contributed by atoms with Crippen LogP contribution < -0.4 is 10.1 Å². The normalized spacial score (nSPS) is 13.0. The largest absolute Gasteiger partial charge is 0.480 e. The van der Waals surface area contributed by atoms with Crippen molar-refractivity contribution in [2.75, 3.05) is 12.4 Å². The van der Waals surface area contributed by atoms with Crippen LogP contribution in [0, 0.1) is 5.82 Å². The van der Waals surface area contributed by atoms with E-state index in [4.69, 9.17) is 9.47 Å². The molecule has 1 aromatic rings. The van der Waals surface area contributed by atoms with E-state index in [0.29, 0.717) is 13.0 Å². The van der Waals surface area contributed by atoms with Gasteiger partial charge < -0.3 is 14.2 Å². The van der Waals surface area contributed by atoms with Crippen molar-refractivity contribution in [3.8, 4) is 5.75 Å². The minimum Gasteiger partial charge on any atom is -0.480 e. The Labute approximate surface area is 147 Å². The van der Waals surface area contributed by atoms with E-state index in [9.17, 15) is 27.2 Å². The van der Waals surface area contributed by atoms with Crippen LogP contribution in [0.2, 0.25) is 0 Å². The maximum Gasteiger partial charge on any atom is 0.425 e. The maximum absolute atomic E-state index is 14.1. The number of anilines is 1. The van der Waals surface area contributed by atoms with Crippen LogP contribution in [0.15, 0.2) is 12.1 Å². The molecule has 0 aromatic heterocycles. The van der Waals surface area contributed by atoms with Gasteiger partial charge in [0, 0.05) is 6.07 Å². The van der Waals surface area contributed by atoms with Crippen molar-refractivity contribution in [1.29, 1.82) is 0 Å². The number of benzene rings is 1. The highest BCUT2D eigenvalue weighted by molar-refractivity contribution is 5.94. The van der Waals surface area contributed by atoms with E-state index in [1.54, 1.807) is 20.8 Å². The van der Waals surface area contributed by atoms with Gasteiger partial charge in [-0.3, -0.25) is 5.32 Å². The first-order valence-electron chi connectivity index (χ1n) is 7.40. The Hall–Kier alpha value is -2.52. The SMILES string of the molecule is COC(=O)c1cc(F)c(NC(=O)OC(C)(C)C)cc1O[C@@H](C)C(F)(F)F. The Morgan fingerprint density at radius 1 is 1.15 bits per heavy atom. The van der Waals surface area contributed by atoms with Crippen molar-refractivity contribution in [2.45, 2.75) is 45.6 Å². The summed E-state index contributed by atoms with van der Waals surface area (Å²) < 4.78 is 66.4. The summed E-state index contributed by atoms with van der Waals surface area (Å²) in [6, 6.07) is 1.37. The predicted octanol–water partition coefficient (Wildman–Crippen LogP) is 4.29. The number of esters is 1. The van der Waals surface area contributed by atoms with Gasteiger partial charge in [0.1, 0.15) is 22.7 Å². The molecule has 1 amide bonds.